The Kier molecular flexibility index (Phi) is 14.3. The maximum absolute atomic E-state index is 11.9. The summed E-state index contributed by atoms with van der Waals surface area (Å²) in [5.41, 5.74) is 0. The molecule has 0 aromatic heterocycles. The van der Waals surface area contributed by atoms with Gasteiger partial charge in [0.15, 0.2) is 0 Å². The Bertz CT molecular complexity index is 399. The topological polar surface area (TPSA) is 29.1 Å². The third kappa shape index (κ3) is 13.2. The van der Waals surface area contributed by atoms with E-state index in [0.717, 1.165) is 25.2 Å². The molecule has 2 atom stereocenters. The second-order valence-electron chi connectivity index (χ2n) is 8.16. The van der Waals surface area contributed by atoms with Crippen molar-refractivity contribution in [3.8, 4) is 0 Å². The van der Waals surface area contributed by atoms with Crippen LogP contribution in [0.2, 0.25) is 0 Å². The Morgan fingerprint density at radius 2 is 1.54 bits per heavy atom. The smallest absolute Gasteiger partial charge is 0.220 e. The van der Waals surface area contributed by atoms with Crippen molar-refractivity contribution in [2.45, 2.75) is 116 Å². The number of hydrogen-bond acceptors (Lipinski definition) is 1. The largest absolute Gasteiger partial charge is 0.353 e. The molecule has 1 fully saturated rings. The summed E-state index contributed by atoms with van der Waals surface area (Å²) < 4.78 is 0. The highest BCUT2D eigenvalue weighted by Gasteiger charge is 2.22. The lowest BCUT2D eigenvalue weighted by atomic mass is 10.1. The third-order valence-corrected chi connectivity index (χ3v) is 5.41. The fraction of sp³-hybridized carbons (Fsp3) is 0.792. The van der Waals surface area contributed by atoms with E-state index in [9.17, 15) is 4.79 Å². The number of allylic oxidation sites excluding steroid dienone is 4. The van der Waals surface area contributed by atoms with Gasteiger partial charge in [0, 0.05) is 12.5 Å². The average molecular weight is 362 g/mol. The summed E-state index contributed by atoms with van der Waals surface area (Å²) in [5.74, 6) is 1.06. The standard InChI is InChI=1S/C24H43NO/c1-3-4-5-6-7-8-9-10-11-12-13-14-15-16-17-18-24(26)25-23-20-19-22(2)21-23/h7-8,10-11,22-23H,3-6,9,12-21H2,1-2H3,(H,25,26)/b8-7-,11-10-/t22-,23+/m0/s1. The van der Waals surface area contributed by atoms with Crippen LogP contribution in [-0.4, -0.2) is 11.9 Å². The first kappa shape index (κ1) is 23.0. The second-order valence-corrected chi connectivity index (χ2v) is 8.16. The molecule has 0 aromatic rings. The Hall–Kier alpha value is -1.05. The van der Waals surface area contributed by atoms with Gasteiger partial charge in [-0.05, 0) is 63.7 Å². The van der Waals surface area contributed by atoms with Gasteiger partial charge in [-0.2, -0.15) is 0 Å². The van der Waals surface area contributed by atoms with E-state index in [4.69, 9.17) is 0 Å². The fourth-order valence-corrected chi connectivity index (χ4v) is 3.74. The molecule has 1 rings (SSSR count). The summed E-state index contributed by atoms with van der Waals surface area (Å²) >= 11 is 0. The van der Waals surface area contributed by atoms with E-state index in [1.807, 2.05) is 0 Å². The predicted molar refractivity (Wildman–Crippen MR) is 114 cm³/mol. The first-order valence-corrected chi connectivity index (χ1v) is 11.3. The van der Waals surface area contributed by atoms with Crippen LogP contribution in [0.5, 0.6) is 0 Å². The molecule has 1 N–H and O–H groups in total. The SMILES string of the molecule is CCCCC/C=C\C/C=C\CCCCCCCC(=O)N[C@@H]1CC[C@H](C)C1. The summed E-state index contributed by atoms with van der Waals surface area (Å²) in [5, 5.41) is 3.21. The van der Waals surface area contributed by atoms with Crippen molar-refractivity contribution in [3.63, 3.8) is 0 Å². The highest BCUT2D eigenvalue weighted by molar-refractivity contribution is 5.76. The van der Waals surface area contributed by atoms with Gasteiger partial charge in [-0.15, -0.1) is 0 Å². The number of hydrogen-bond donors (Lipinski definition) is 1. The molecule has 1 saturated carbocycles. The molecule has 150 valence electrons. The number of rotatable bonds is 15. The second kappa shape index (κ2) is 16.1. The number of amides is 1. The summed E-state index contributed by atoms with van der Waals surface area (Å²) in [7, 11) is 0. The number of nitrogens with one attached hydrogen (secondary N) is 1. The molecule has 0 unspecified atom stereocenters. The van der Waals surface area contributed by atoms with Crippen LogP contribution < -0.4 is 5.32 Å². The van der Waals surface area contributed by atoms with Crippen LogP contribution in [0.4, 0.5) is 0 Å². The Labute approximate surface area is 162 Å². The van der Waals surface area contributed by atoms with Crippen molar-refractivity contribution in [3.05, 3.63) is 24.3 Å². The first-order chi connectivity index (χ1) is 12.7. The lowest BCUT2D eigenvalue weighted by Crippen LogP contribution is -2.32. The predicted octanol–water partition coefficient (Wildman–Crippen LogP) is 7.10. The van der Waals surface area contributed by atoms with E-state index in [1.165, 1.54) is 77.0 Å². The van der Waals surface area contributed by atoms with Crippen molar-refractivity contribution in [1.29, 1.82) is 0 Å². The maximum atomic E-state index is 11.9. The first-order valence-electron chi connectivity index (χ1n) is 11.3. The molecule has 1 aliphatic rings. The van der Waals surface area contributed by atoms with E-state index in [-0.39, 0.29) is 5.91 Å². The van der Waals surface area contributed by atoms with Crippen molar-refractivity contribution in [2.75, 3.05) is 0 Å². The summed E-state index contributed by atoms with van der Waals surface area (Å²) in [6, 6.07) is 0.454. The van der Waals surface area contributed by atoms with E-state index < -0.39 is 0 Å². The minimum Gasteiger partial charge on any atom is -0.353 e. The molecule has 0 heterocycles. The molecule has 0 aromatic carbocycles. The van der Waals surface area contributed by atoms with Crippen molar-refractivity contribution >= 4 is 5.91 Å². The quantitative estimate of drug-likeness (QED) is 0.244. The van der Waals surface area contributed by atoms with E-state index in [0.29, 0.717) is 6.04 Å². The minimum absolute atomic E-state index is 0.273. The number of unbranched alkanes of at least 4 members (excludes halogenated alkanes) is 8. The molecule has 0 radical (unpaired) electrons. The van der Waals surface area contributed by atoms with Crippen LogP contribution in [0.1, 0.15) is 110 Å². The third-order valence-electron chi connectivity index (χ3n) is 5.41. The average Bonchev–Trinajstić information content (AvgIpc) is 3.03. The normalized spacial score (nSPS) is 20.4. The van der Waals surface area contributed by atoms with Gasteiger partial charge in [0.25, 0.3) is 0 Å². The van der Waals surface area contributed by atoms with Crippen LogP contribution in [0.15, 0.2) is 24.3 Å². The van der Waals surface area contributed by atoms with E-state index >= 15 is 0 Å². The van der Waals surface area contributed by atoms with Gasteiger partial charge in [0.05, 0.1) is 0 Å². The van der Waals surface area contributed by atoms with Crippen LogP contribution in [0, 0.1) is 5.92 Å². The molecule has 0 aliphatic heterocycles. The molecular formula is C24H43NO. The molecule has 2 nitrogen and oxygen atoms in total. The van der Waals surface area contributed by atoms with Gasteiger partial charge >= 0.3 is 0 Å². The minimum atomic E-state index is 0.273. The van der Waals surface area contributed by atoms with E-state index in [2.05, 4.69) is 43.5 Å². The van der Waals surface area contributed by atoms with Crippen LogP contribution in [-0.2, 0) is 4.79 Å². The lowest BCUT2D eigenvalue weighted by Gasteiger charge is -2.12. The van der Waals surface area contributed by atoms with Crippen LogP contribution >= 0.6 is 0 Å². The Morgan fingerprint density at radius 3 is 2.19 bits per heavy atom. The van der Waals surface area contributed by atoms with Gasteiger partial charge in [-0.1, -0.05) is 70.3 Å². The highest BCUT2D eigenvalue weighted by atomic mass is 16.1. The molecule has 2 heteroatoms. The van der Waals surface area contributed by atoms with Crippen molar-refractivity contribution in [1.82, 2.24) is 5.32 Å². The molecule has 0 saturated heterocycles. The molecule has 1 aliphatic carbocycles. The van der Waals surface area contributed by atoms with Crippen molar-refractivity contribution in [2.24, 2.45) is 5.92 Å². The zero-order valence-electron chi connectivity index (χ0n) is 17.5. The molecule has 1 amide bonds. The lowest BCUT2D eigenvalue weighted by molar-refractivity contribution is -0.121. The van der Waals surface area contributed by atoms with Gasteiger partial charge in [-0.25, -0.2) is 0 Å². The van der Waals surface area contributed by atoms with Gasteiger partial charge in [-0.3, -0.25) is 4.79 Å². The highest BCUT2D eigenvalue weighted by Crippen LogP contribution is 2.24. The monoisotopic (exact) mass is 361 g/mol. The number of carbonyl (C=O) groups is 1. The zero-order chi connectivity index (χ0) is 18.9. The van der Waals surface area contributed by atoms with Crippen LogP contribution in [0.3, 0.4) is 0 Å². The molecule has 0 spiro atoms. The zero-order valence-corrected chi connectivity index (χ0v) is 17.5. The fourth-order valence-electron chi connectivity index (χ4n) is 3.74. The van der Waals surface area contributed by atoms with Gasteiger partial charge < -0.3 is 5.32 Å². The number of carbonyl (C=O) groups excluding carboxylic acids is 1. The van der Waals surface area contributed by atoms with Gasteiger partial charge in [0.2, 0.25) is 5.91 Å². The van der Waals surface area contributed by atoms with Crippen LogP contribution in [0.25, 0.3) is 0 Å². The Balaban J connectivity index is 1.83. The van der Waals surface area contributed by atoms with Crippen molar-refractivity contribution < 1.29 is 4.79 Å². The summed E-state index contributed by atoms with van der Waals surface area (Å²) in [6.45, 7) is 4.54. The van der Waals surface area contributed by atoms with Gasteiger partial charge in [0.1, 0.15) is 0 Å². The summed E-state index contributed by atoms with van der Waals surface area (Å²) in [4.78, 5) is 11.9. The Morgan fingerprint density at radius 1 is 0.885 bits per heavy atom. The molecular weight excluding hydrogens is 318 g/mol. The van der Waals surface area contributed by atoms with E-state index in [1.54, 1.807) is 0 Å². The maximum Gasteiger partial charge on any atom is 0.220 e. The molecule has 26 heavy (non-hydrogen) atoms. The summed E-state index contributed by atoms with van der Waals surface area (Å²) in [6.07, 6.45) is 27.2. The molecule has 0 bridgehead atoms.